The molecular weight excluding hydrogens is 788 g/mol. The highest BCUT2D eigenvalue weighted by molar-refractivity contribution is 7.19. The lowest BCUT2D eigenvalue weighted by atomic mass is 10.1. The Balaban J connectivity index is 1.13. The van der Waals surface area contributed by atoms with Gasteiger partial charge in [-0.2, -0.15) is 0 Å². The predicted octanol–water partition coefficient (Wildman–Crippen LogP) is 10.7. The number of carbonyl (C=O) groups is 4. The third-order valence-electron chi connectivity index (χ3n) is 8.43. The largest absolute Gasteiger partial charge is 0.397 e. The van der Waals surface area contributed by atoms with Crippen LogP contribution in [-0.2, 0) is 0 Å². The minimum absolute atomic E-state index is 0.0250. The van der Waals surface area contributed by atoms with Gasteiger partial charge in [0.25, 0.3) is 11.8 Å². The average Bonchev–Trinajstić information content (AvgIpc) is 3.71. The van der Waals surface area contributed by atoms with Gasteiger partial charge >= 0.3 is 0 Å². The number of amides is 2. The van der Waals surface area contributed by atoms with Crippen LogP contribution in [0.3, 0.4) is 0 Å². The maximum Gasteiger partial charge on any atom is 0.260 e. The van der Waals surface area contributed by atoms with Crippen molar-refractivity contribution in [1.29, 1.82) is 0 Å². The van der Waals surface area contributed by atoms with Crippen molar-refractivity contribution < 1.29 is 19.2 Å². The fourth-order valence-corrected chi connectivity index (χ4v) is 8.10. The average molecular weight is 818 g/mol. The van der Waals surface area contributed by atoms with Gasteiger partial charge in [-0.1, -0.05) is 59.6 Å². The van der Waals surface area contributed by atoms with Gasteiger partial charge in [0.05, 0.1) is 22.5 Å². The number of benzene rings is 5. The van der Waals surface area contributed by atoms with Crippen LogP contribution in [0.25, 0.3) is 0 Å². The van der Waals surface area contributed by atoms with Crippen LogP contribution in [0.1, 0.15) is 51.2 Å². The molecule has 0 aliphatic rings. The number of hydrogen-bond donors (Lipinski definition) is 6. The molecule has 2 aromatic heterocycles. The first kappa shape index (κ1) is 37.9. The van der Waals surface area contributed by atoms with Crippen molar-refractivity contribution in [3.05, 3.63) is 176 Å². The van der Waals surface area contributed by atoms with Crippen molar-refractivity contribution in [2.24, 2.45) is 0 Å². The van der Waals surface area contributed by atoms with Crippen molar-refractivity contribution in [1.82, 2.24) is 0 Å². The van der Waals surface area contributed by atoms with E-state index in [-0.39, 0.29) is 43.8 Å². The lowest BCUT2D eigenvalue weighted by Gasteiger charge is -2.11. The lowest BCUT2D eigenvalue weighted by molar-refractivity contribution is 0.101. The van der Waals surface area contributed by atoms with Gasteiger partial charge in [-0.3, -0.25) is 19.2 Å². The molecule has 0 saturated heterocycles. The van der Waals surface area contributed by atoms with Crippen LogP contribution < -0.4 is 32.7 Å². The Labute approximate surface area is 339 Å². The molecule has 0 bridgehead atoms. The Kier molecular flexibility index (Phi) is 11.2. The summed E-state index contributed by atoms with van der Waals surface area (Å²) in [6, 6.07) is 37.7. The summed E-state index contributed by atoms with van der Waals surface area (Å²) in [4.78, 5) is 55.1. The molecule has 14 heteroatoms. The third-order valence-corrected chi connectivity index (χ3v) is 11.2. The number of nitrogens with one attached hydrogen (secondary N) is 4. The molecule has 8 N–H and O–H groups in total. The number of nitrogens with two attached hydrogens (primary N) is 2. The minimum atomic E-state index is -0.551. The number of anilines is 8. The summed E-state index contributed by atoms with van der Waals surface area (Å²) < 4.78 is 0. The molecule has 2 amide bonds. The van der Waals surface area contributed by atoms with Crippen LogP contribution in [0, 0.1) is 0 Å². The second-order valence-electron chi connectivity index (χ2n) is 12.2. The molecule has 5 aromatic carbocycles. The standard InChI is InChI=1S/C42H30Cl2N6O4S2/c43-25-15-11-23(12-16-25)35(51)37-33(45)31(41(55-37)49-27-7-3-1-4-8-27)39(53)47-29-19-21-30(22-20-29)48-40(54)32-34(46)38(36(52)24-13-17-26(44)18-14-24)56-42(32)50-28-9-5-2-6-10-28/h1-22,49-50H,45-46H2,(H,47,53)(H,48,54). The molecule has 7 rings (SSSR count). The number of nitrogen functional groups attached to an aromatic ring is 2. The Hall–Kier alpha value is -6.44. The third kappa shape index (κ3) is 8.28. The highest BCUT2D eigenvalue weighted by Gasteiger charge is 2.28. The van der Waals surface area contributed by atoms with E-state index in [4.69, 9.17) is 34.7 Å². The molecule has 278 valence electrons. The van der Waals surface area contributed by atoms with E-state index in [2.05, 4.69) is 21.3 Å². The van der Waals surface area contributed by atoms with Crippen molar-refractivity contribution in [2.45, 2.75) is 0 Å². The number of para-hydroxylation sites is 2. The summed E-state index contributed by atoms with van der Waals surface area (Å²) in [6.07, 6.45) is 0. The van der Waals surface area contributed by atoms with Gasteiger partial charge in [-0.15, -0.1) is 22.7 Å². The maximum atomic E-state index is 13.8. The molecule has 0 saturated carbocycles. The van der Waals surface area contributed by atoms with Crippen LogP contribution in [0.15, 0.2) is 133 Å². The Morgan fingerprint density at radius 1 is 0.446 bits per heavy atom. The summed E-state index contributed by atoms with van der Waals surface area (Å²) in [5, 5.41) is 13.9. The summed E-state index contributed by atoms with van der Waals surface area (Å²) >= 11 is 14.2. The van der Waals surface area contributed by atoms with Crippen LogP contribution in [0.2, 0.25) is 10.0 Å². The molecule has 0 atom stereocenters. The van der Waals surface area contributed by atoms with E-state index in [0.29, 0.717) is 53.9 Å². The van der Waals surface area contributed by atoms with Crippen molar-refractivity contribution in [2.75, 3.05) is 32.7 Å². The SMILES string of the molecule is Nc1c(C(=O)c2ccc(Cl)cc2)sc(Nc2ccccc2)c1C(=O)Nc1ccc(NC(=O)c2c(Nc3ccccc3)sc(C(=O)c3ccc(Cl)cc3)c2N)cc1. The predicted molar refractivity (Wildman–Crippen MR) is 229 cm³/mol. The molecule has 0 aliphatic carbocycles. The van der Waals surface area contributed by atoms with E-state index in [1.54, 1.807) is 72.8 Å². The number of hydrogen-bond acceptors (Lipinski definition) is 10. The maximum absolute atomic E-state index is 13.8. The molecule has 0 aliphatic heterocycles. The van der Waals surface area contributed by atoms with Gasteiger partial charge in [-0.05, 0) is 97.1 Å². The normalized spacial score (nSPS) is 10.8. The second kappa shape index (κ2) is 16.5. The fraction of sp³-hybridized carbons (Fsp3) is 0. The smallest absolute Gasteiger partial charge is 0.260 e. The quantitative estimate of drug-likeness (QED) is 0.0662. The molecule has 0 fully saturated rings. The number of rotatable bonds is 12. The Morgan fingerprint density at radius 3 is 1.12 bits per heavy atom. The zero-order valence-corrected chi connectivity index (χ0v) is 32.2. The van der Waals surface area contributed by atoms with Gasteiger partial charge in [0.1, 0.15) is 19.8 Å². The summed E-state index contributed by atoms with van der Waals surface area (Å²) in [5.41, 5.74) is 16.2. The first-order valence-electron chi connectivity index (χ1n) is 16.9. The first-order chi connectivity index (χ1) is 27.0. The number of halogens is 2. The monoisotopic (exact) mass is 816 g/mol. The molecule has 0 radical (unpaired) electrons. The first-order valence-corrected chi connectivity index (χ1v) is 19.3. The summed E-state index contributed by atoms with van der Waals surface area (Å²) in [7, 11) is 0. The Morgan fingerprint density at radius 2 is 0.786 bits per heavy atom. The second-order valence-corrected chi connectivity index (χ2v) is 15.2. The van der Waals surface area contributed by atoms with Gasteiger partial charge in [-0.25, -0.2) is 0 Å². The molecule has 0 spiro atoms. The number of carbonyl (C=O) groups excluding carboxylic acids is 4. The van der Waals surface area contributed by atoms with Gasteiger partial charge in [0.15, 0.2) is 0 Å². The van der Waals surface area contributed by atoms with Crippen LogP contribution in [0.4, 0.5) is 44.1 Å². The van der Waals surface area contributed by atoms with E-state index in [1.807, 2.05) is 60.7 Å². The molecule has 7 aromatic rings. The van der Waals surface area contributed by atoms with Gasteiger partial charge in [0, 0.05) is 43.9 Å². The molecular formula is C42H30Cl2N6O4S2. The van der Waals surface area contributed by atoms with E-state index >= 15 is 0 Å². The highest BCUT2D eigenvalue weighted by atomic mass is 35.5. The molecule has 2 heterocycles. The van der Waals surface area contributed by atoms with Gasteiger partial charge < -0.3 is 32.7 Å². The summed E-state index contributed by atoms with van der Waals surface area (Å²) in [5.74, 6) is -1.81. The molecule has 10 nitrogen and oxygen atoms in total. The zero-order chi connectivity index (χ0) is 39.3. The Bertz CT molecular complexity index is 2400. The van der Waals surface area contributed by atoms with Crippen molar-refractivity contribution in [3.63, 3.8) is 0 Å². The van der Waals surface area contributed by atoms with E-state index in [1.165, 1.54) is 0 Å². The highest BCUT2D eigenvalue weighted by Crippen LogP contribution is 2.41. The lowest BCUT2D eigenvalue weighted by Crippen LogP contribution is -2.16. The van der Waals surface area contributed by atoms with Crippen LogP contribution in [0.5, 0.6) is 0 Å². The van der Waals surface area contributed by atoms with Crippen molar-refractivity contribution in [3.8, 4) is 0 Å². The number of ketones is 2. The van der Waals surface area contributed by atoms with E-state index < -0.39 is 11.8 Å². The van der Waals surface area contributed by atoms with Crippen LogP contribution >= 0.6 is 45.9 Å². The van der Waals surface area contributed by atoms with E-state index in [0.717, 1.165) is 22.7 Å². The topological polar surface area (TPSA) is 168 Å². The summed E-state index contributed by atoms with van der Waals surface area (Å²) in [6.45, 7) is 0. The molecule has 56 heavy (non-hydrogen) atoms. The van der Waals surface area contributed by atoms with Crippen LogP contribution in [-0.4, -0.2) is 23.4 Å². The minimum Gasteiger partial charge on any atom is -0.397 e. The zero-order valence-electron chi connectivity index (χ0n) is 29.1. The van der Waals surface area contributed by atoms with E-state index in [9.17, 15) is 19.2 Å². The van der Waals surface area contributed by atoms with Crippen molar-refractivity contribution >= 4 is 113 Å². The number of thiophene rings is 2. The fourth-order valence-electron chi connectivity index (χ4n) is 5.65. The molecule has 0 unspecified atom stereocenters. The van der Waals surface area contributed by atoms with Gasteiger partial charge in [0.2, 0.25) is 11.6 Å².